The van der Waals surface area contributed by atoms with E-state index < -0.39 is 20.0 Å². The molecule has 68 heavy (non-hydrogen) atoms. The number of aliphatic hydroxyl groups is 1. The second-order valence-electron chi connectivity index (χ2n) is 21.0. The Morgan fingerprint density at radius 1 is 0.500 bits per heavy atom. The van der Waals surface area contributed by atoms with Crippen molar-refractivity contribution in [2.75, 3.05) is 40.9 Å². The minimum atomic E-state index is -4.35. The fourth-order valence-corrected chi connectivity index (χ4v) is 9.18. The molecule has 0 spiro atoms. The van der Waals surface area contributed by atoms with Gasteiger partial charge in [0.05, 0.1) is 39.9 Å². The molecule has 0 radical (unpaired) electrons. The number of hydrogen-bond donors (Lipinski definition) is 3. The van der Waals surface area contributed by atoms with E-state index in [0.717, 1.165) is 44.9 Å². The zero-order valence-corrected chi connectivity index (χ0v) is 46.5. The van der Waals surface area contributed by atoms with E-state index in [1.54, 1.807) is 6.08 Å². The number of unbranched alkanes of at least 4 members (excludes halogenated alkanes) is 34. The molecule has 9 heteroatoms. The Morgan fingerprint density at radius 2 is 0.853 bits per heavy atom. The molecule has 0 fully saturated rings. The molecule has 0 aliphatic carbocycles. The summed E-state index contributed by atoms with van der Waals surface area (Å²) in [5.74, 6) is -0.185. The molecule has 0 saturated heterocycles. The Bertz CT molecular complexity index is 1250. The van der Waals surface area contributed by atoms with E-state index in [1.807, 2.05) is 27.2 Å². The molecular formula is C59H114N2O6P+. The Morgan fingerprint density at radius 3 is 1.26 bits per heavy atom. The summed E-state index contributed by atoms with van der Waals surface area (Å²) in [5.41, 5.74) is 0. The predicted molar refractivity (Wildman–Crippen MR) is 295 cm³/mol. The number of nitrogens with zero attached hydrogens (tertiary/aromatic N) is 1. The maximum absolute atomic E-state index is 13.0. The summed E-state index contributed by atoms with van der Waals surface area (Å²) >= 11 is 0. The Kier molecular flexibility index (Phi) is 49.3. The quantitative estimate of drug-likeness (QED) is 0.0243. The SMILES string of the molecule is CCCCCCC/C=C\C/C=C\CCCCCCCCCCCCCCCCCC(=O)NC(COP(=O)(O)OCC[N+](C)(C)C)C(O)/C=C/CC/C=C/CCCCCCCCCCCCCCC. The van der Waals surface area contributed by atoms with Crippen molar-refractivity contribution in [3.05, 3.63) is 48.6 Å². The number of aliphatic hydroxyl groups excluding tert-OH is 1. The van der Waals surface area contributed by atoms with Crippen LogP contribution in [-0.4, -0.2) is 73.4 Å². The average molecular weight is 979 g/mol. The molecule has 0 aromatic rings. The van der Waals surface area contributed by atoms with Gasteiger partial charge in [0.1, 0.15) is 13.2 Å². The molecule has 1 amide bonds. The Labute approximate surface area is 422 Å². The third kappa shape index (κ3) is 52.3. The summed E-state index contributed by atoms with van der Waals surface area (Å²) in [5, 5.41) is 13.9. The van der Waals surface area contributed by atoms with E-state index in [-0.39, 0.29) is 19.1 Å². The highest BCUT2D eigenvalue weighted by molar-refractivity contribution is 7.47. The number of carbonyl (C=O) groups is 1. The van der Waals surface area contributed by atoms with Gasteiger partial charge in [-0.25, -0.2) is 4.57 Å². The van der Waals surface area contributed by atoms with E-state index in [4.69, 9.17) is 9.05 Å². The van der Waals surface area contributed by atoms with Gasteiger partial charge >= 0.3 is 7.82 Å². The number of phosphoric ester groups is 1. The number of amides is 1. The van der Waals surface area contributed by atoms with Crippen LogP contribution in [0, 0.1) is 0 Å². The van der Waals surface area contributed by atoms with Crippen molar-refractivity contribution in [3.63, 3.8) is 0 Å². The summed E-state index contributed by atoms with van der Waals surface area (Å²) in [7, 11) is 1.56. The van der Waals surface area contributed by atoms with E-state index in [9.17, 15) is 19.4 Å². The standard InChI is InChI=1S/C59H113N2O6P/c1-6-8-10-12-14-16-18-20-22-24-26-27-28-29-30-31-32-33-35-37-39-41-43-45-47-49-51-53-59(63)60-57(56-67-68(64,65)66-55-54-61(3,4)5)58(62)52-50-48-46-44-42-40-38-36-34-25-23-21-19-17-15-13-11-9-7-2/h18,20,24,26,42,44,50,52,57-58,62H,6-17,19,21-23,25,27-41,43,45-49,51,53-56H2,1-5H3,(H-,60,63,64,65)/p+1/b20-18-,26-24-,44-42+,52-50+. The van der Waals surface area contributed by atoms with Crippen LogP contribution in [0.2, 0.25) is 0 Å². The molecule has 3 atom stereocenters. The number of quaternary nitrogens is 1. The van der Waals surface area contributed by atoms with E-state index in [1.165, 1.54) is 205 Å². The molecule has 0 rings (SSSR count). The van der Waals surface area contributed by atoms with Crippen LogP contribution in [0.1, 0.15) is 271 Å². The molecule has 0 aromatic carbocycles. The summed E-state index contributed by atoms with van der Waals surface area (Å²) in [4.78, 5) is 23.3. The number of likely N-dealkylation sites (N-methyl/N-ethyl adjacent to an activating group) is 1. The second-order valence-corrected chi connectivity index (χ2v) is 22.5. The summed E-state index contributed by atoms with van der Waals surface area (Å²) in [6.07, 6.45) is 66.4. The van der Waals surface area contributed by atoms with Gasteiger partial charge in [0.2, 0.25) is 5.91 Å². The topological polar surface area (TPSA) is 105 Å². The monoisotopic (exact) mass is 978 g/mol. The van der Waals surface area contributed by atoms with E-state index in [2.05, 4.69) is 55.6 Å². The van der Waals surface area contributed by atoms with Crippen molar-refractivity contribution in [2.24, 2.45) is 0 Å². The number of phosphoric acid groups is 1. The first-order valence-electron chi connectivity index (χ1n) is 29.0. The lowest BCUT2D eigenvalue weighted by Crippen LogP contribution is -2.45. The van der Waals surface area contributed by atoms with Crippen LogP contribution in [0.5, 0.6) is 0 Å². The number of rotatable bonds is 53. The Hall–Kier alpha value is -1.54. The molecule has 0 saturated carbocycles. The first-order valence-corrected chi connectivity index (χ1v) is 30.5. The lowest BCUT2D eigenvalue weighted by molar-refractivity contribution is -0.870. The van der Waals surface area contributed by atoms with Gasteiger partial charge in [-0.2, -0.15) is 0 Å². The van der Waals surface area contributed by atoms with Crippen molar-refractivity contribution in [1.29, 1.82) is 0 Å². The zero-order chi connectivity index (χ0) is 49.9. The van der Waals surface area contributed by atoms with Crippen LogP contribution in [0.15, 0.2) is 48.6 Å². The fourth-order valence-electron chi connectivity index (χ4n) is 8.44. The van der Waals surface area contributed by atoms with Gasteiger partial charge in [-0.15, -0.1) is 0 Å². The number of nitrogens with one attached hydrogen (secondary N) is 1. The zero-order valence-electron chi connectivity index (χ0n) is 45.6. The fraction of sp³-hybridized carbons (Fsp3) is 0.847. The number of allylic oxidation sites excluding steroid dienone is 7. The van der Waals surface area contributed by atoms with Crippen molar-refractivity contribution in [3.8, 4) is 0 Å². The van der Waals surface area contributed by atoms with Gasteiger partial charge in [0.15, 0.2) is 0 Å². The minimum absolute atomic E-state index is 0.0562. The van der Waals surface area contributed by atoms with Crippen LogP contribution in [0.3, 0.4) is 0 Å². The molecule has 400 valence electrons. The summed E-state index contributed by atoms with van der Waals surface area (Å²) in [6.45, 7) is 4.81. The van der Waals surface area contributed by atoms with Crippen LogP contribution in [0.4, 0.5) is 0 Å². The summed E-state index contributed by atoms with van der Waals surface area (Å²) in [6, 6.07) is -0.864. The van der Waals surface area contributed by atoms with E-state index >= 15 is 0 Å². The van der Waals surface area contributed by atoms with Crippen LogP contribution in [0.25, 0.3) is 0 Å². The lowest BCUT2D eigenvalue weighted by atomic mass is 10.0. The van der Waals surface area contributed by atoms with Gasteiger partial charge in [-0.3, -0.25) is 13.8 Å². The second kappa shape index (κ2) is 50.4. The van der Waals surface area contributed by atoms with Gasteiger partial charge < -0.3 is 19.8 Å². The highest BCUT2D eigenvalue weighted by Crippen LogP contribution is 2.43. The number of carbonyl (C=O) groups excluding carboxylic acids is 1. The summed E-state index contributed by atoms with van der Waals surface area (Å²) < 4.78 is 23.7. The van der Waals surface area contributed by atoms with Gasteiger partial charge in [-0.05, 0) is 64.2 Å². The third-order valence-corrected chi connectivity index (χ3v) is 14.0. The molecule has 0 bridgehead atoms. The van der Waals surface area contributed by atoms with Crippen molar-refractivity contribution >= 4 is 13.7 Å². The number of hydrogen-bond acceptors (Lipinski definition) is 5. The molecule has 0 aliphatic heterocycles. The molecule has 0 heterocycles. The molecule has 0 aliphatic rings. The first-order chi connectivity index (χ1) is 33.0. The van der Waals surface area contributed by atoms with Crippen LogP contribution < -0.4 is 5.32 Å². The molecule has 0 aromatic heterocycles. The molecule has 3 N–H and O–H groups in total. The highest BCUT2D eigenvalue weighted by atomic mass is 31.2. The third-order valence-electron chi connectivity index (χ3n) is 13.0. The van der Waals surface area contributed by atoms with Crippen LogP contribution in [-0.2, 0) is 18.4 Å². The lowest BCUT2D eigenvalue weighted by Gasteiger charge is -2.25. The van der Waals surface area contributed by atoms with Gasteiger partial charge in [-0.1, -0.05) is 249 Å². The van der Waals surface area contributed by atoms with E-state index in [0.29, 0.717) is 17.4 Å². The normalized spacial score (nSPS) is 14.3. The average Bonchev–Trinajstić information content (AvgIpc) is 3.30. The predicted octanol–water partition coefficient (Wildman–Crippen LogP) is 17.5. The van der Waals surface area contributed by atoms with Crippen molar-refractivity contribution in [2.45, 2.75) is 283 Å². The van der Waals surface area contributed by atoms with Crippen molar-refractivity contribution in [1.82, 2.24) is 5.32 Å². The first kappa shape index (κ1) is 66.5. The molecule has 3 unspecified atom stereocenters. The van der Waals surface area contributed by atoms with Gasteiger partial charge in [0, 0.05) is 6.42 Å². The Balaban J connectivity index is 4.21. The van der Waals surface area contributed by atoms with Crippen molar-refractivity contribution < 1.29 is 32.9 Å². The van der Waals surface area contributed by atoms with Crippen LogP contribution >= 0.6 is 7.82 Å². The maximum atomic E-state index is 13.0. The molecule has 8 nitrogen and oxygen atoms in total. The largest absolute Gasteiger partial charge is 0.472 e. The maximum Gasteiger partial charge on any atom is 0.472 e. The molecular weight excluding hydrogens is 864 g/mol. The highest BCUT2D eigenvalue weighted by Gasteiger charge is 2.27. The van der Waals surface area contributed by atoms with Gasteiger partial charge in [0.25, 0.3) is 0 Å². The minimum Gasteiger partial charge on any atom is -0.387 e. The smallest absolute Gasteiger partial charge is 0.387 e.